The molecule has 2 aliphatic carbocycles. The van der Waals surface area contributed by atoms with Crippen LogP contribution in [0.1, 0.15) is 51.4 Å². The van der Waals surface area contributed by atoms with Gasteiger partial charge in [-0.1, -0.05) is 25.7 Å². The largest absolute Gasteiger partial charge is 0.550 e. The van der Waals surface area contributed by atoms with E-state index < -0.39 is 24.0 Å². The highest BCUT2D eigenvalue weighted by molar-refractivity contribution is 5.67. The van der Waals surface area contributed by atoms with Gasteiger partial charge in [0.2, 0.25) is 0 Å². The fourth-order valence-electron chi connectivity index (χ4n) is 3.96. The minimum atomic E-state index is -4.14. The number of halogens is 3. The molecule has 0 amide bonds. The van der Waals surface area contributed by atoms with Crippen molar-refractivity contribution in [2.45, 2.75) is 57.5 Å². The summed E-state index contributed by atoms with van der Waals surface area (Å²) in [5.74, 6) is -3.34. The Morgan fingerprint density at radius 2 is 1.68 bits per heavy atom. The van der Waals surface area contributed by atoms with Gasteiger partial charge < -0.3 is 9.90 Å². The molecule has 0 saturated heterocycles. The topological polar surface area (TPSA) is 40.1 Å². The van der Waals surface area contributed by atoms with Crippen molar-refractivity contribution >= 4 is 5.97 Å². The number of hydrogen-bond acceptors (Lipinski definition) is 2. The molecule has 2 fully saturated rings. The molecule has 0 aliphatic heterocycles. The van der Waals surface area contributed by atoms with Crippen molar-refractivity contribution in [1.82, 2.24) is 0 Å². The second kappa shape index (κ2) is 5.71. The zero-order valence-corrected chi connectivity index (χ0v) is 10.9. The van der Waals surface area contributed by atoms with Gasteiger partial charge in [-0.05, 0) is 43.4 Å². The van der Waals surface area contributed by atoms with Gasteiger partial charge in [0.1, 0.15) is 0 Å². The lowest BCUT2D eigenvalue weighted by Crippen LogP contribution is -2.41. The lowest BCUT2D eigenvalue weighted by molar-refractivity contribution is -0.313. The van der Waals surface area contributed by atoms with Crippen LogP contribution in [-0.2, 0) is 4.79 Å². The third kappa shape index (κ3) is 3.42. The Morgan fingerprint density at radius 3 is 2.32 bits per heavy atom. The number of hydrogen-bond donors (Lipinski definition) is 0. The van der Waals surface area contributed by atoms with Gasteiger partial charge in [-0.2, -0.15) is 13.2 Å². The molecule has 0 spiro atoms. The van der Waals surface area contributed by atoms with Crippen molar-refractivity contribution in [2.75, 3.05) is 0 Å². The van der Waals surface area contributed by atoms with Crippen LogP contribution in [-0.4, -0.2) is 12.1 Å². The Balaban J connectivity index is 2.07. The van der Waals surface area contributed by atoms with E-state index in [2.05, 4.69) is 0 Å². The van der Waals surface area contributed by atoms with E-state index >= 15 is 0 Å². The normalized spacial score (nSPS) is 37.0. The van der Waals surface area contributed by atoms with Gasteiger partial charge in [-0.25, -0.2) is 0 Å². The fraction of sp³-hybridized carbons (Fsp3) is 0.929. The average Bonchev–Trinajstić information content (AvgIpc) is 2.38. The summed E-state index contributed by atoms with van der Waals surface area (Å²) < 4.78 is 39.2. The first-order valence-electron chi connectivity index (χ1n) is 7.17. The minimum Gasteiger partial charge on any atom is -0.550 e. The van der Waals surface area contributed by atoms with Crippen molar-refractivity contribution in [3.8, 4) is 0 Å². The van der Waals surface area contributed by atoms with Gasteiger partial charge in [0.25, 0.3) is 0 Å². The predicted octanol–water partition coefficient (Wildman–Crippen LogP) is 2.91. The van der Waals surface area contributed by atoms with E-state index in [9.17, 15) is 23.1 Å². The zero-order chi connectivity index (χ0) is 14.0. The molecule has 2 rings (SSSR count). The molecule has 110 valence electrons. The summed E-state index contributed by atoms with van der Waals surface area (Å²) in [6.45, 7) is 0. The predicted molar refractivity (Wildman–Crippen MR) is 62.0 cm³/mol. The molecule has 2 saturated carbocycles. The quantitative estimate of drug-likeness (QED) is 0.778. The number of carbonyl (C=O) groups excluding carboxylic acids is 1. The molecule has 4 unspecified atom stereocenters. The van der Waals surface area contributed by atoms with E-state index in [0.29, 0.717) is 32.1 Å². The smallest absolute Gasteiger partial charge is 0.392 e. The summed E-state index contributed by atoms with van der Waals surface area (Å²) in [5.41, 5.74) is 0. The van der Waals surface area contributed by atoms with Gasteiger partial charge in [-0.3, -0.25) is 0 Å². The molecule has 0 bridgehead atoms. The van der Waals surface area contributed by atoms with Gasteiger partial charge >= 0.3 is 6.18 Å². The van der Waals surface area contributed by atoms with Crippen LogP contribution in [0.5, 0.6) is 0 Å². The monoisotopic (exact) mass is 277 g/mol. The first kappa shape index (κ1) is 14.7. The highest BCUT2D eigenvalue weighted by Crippen LogP contribution is 2.48. The number of aliphatic carboxylic acids is 1. The highest BCUT2D eigenvalue weighted by Gasteiger charge is 2.48. The summed E-state index contributed by atoms with van der Waals surface area (Å²) in [5, 5.41) is 10.9. The number of carboxylic acid groups (broad SMARTS) is 1. The molecule has 2 nitrogen and oxygen atoms in total. The molecule has 0 heterocycles. The zero-order valence-electron chi connectivity index (χ0n) is 10.9. The molecule has 2 aliphatic rings. The van der Waals surface area contributed by atoms with Crippen LogP contribution in [0.25, 0.3) is 0 Å². The molecule has 19 heavy (non-hydrogen) atoms. The van der Waals surface area contributed by atoms with Crippen LogP contribution in [0.4, 0.5) is 13.2 Å². The lowest BCUT2D eigenvalue weighted by atomic mass is 9.66. The number of carbonyl (C=O) groups is 1. The van der Waals surface area contributed by atoms with Crippen molar-refractivity contribution in [3.63, 3.8) is 0 Å². The molecule has 5 heteroatoms. The SMILES string of the molecule is O=C([O-])C1CCCC(C2CCCCC2C(F)(F)F)C1. The molecule has 0 radical (unpaired) electrons. The molecular formula is C14H20F3O2-. The van der Waals surface area contributed by atoms with Crippen LogP contribution < -0.4 is 5.11 Å². The average molecular weight is 277 g/mol. The summed E-state index contributed by atoms with van der Waals surface area (Å²) in [4.78, 5) is 10.9. The van der Waals surface area contributed by atoms with Gasteiger partial charge in [0.15, 0.2) is 0 Å². The van der Waals surface area contributed by atoms with Crippen LogP contribution in [0, 0.1) is 23.7 Å². The van der Waals surface area contributed by atoms with Crippen molar-refractivity contribution in [2.24, 2.45) is 23.7 Å². The molecule has 0 aromatic rings. The third-order valence-corrected chi connectivity index (χ3v) is 4.89. The van der Waals surface area contributed by atoms with E-state index in [1.807, 2.05) is 0 Å². The Labute approximate surface area is 111 Å². The molecule has 0 N–H and O–H groups in total. The third-order valence-electron chi connectivity index (χ3n) is 4.89. The molecular weight excluding hydrogens is 257 g/mol. The fourth-order valence-corrected chi connectivity index (χ4v) is 3.96. The van der Waals surface area contributed by atoms with Crippen LogP contribution in [0.2, 0.25) is 0 Å². The van der Waals surface area contributed by atoms with Gasteiger partial charge in [0.05, 0.1) is 5.92 Å². The maximum atomic E-state index is 13.1. The first-order chi connectivity index (χ1) is 8.89. The van der Waals surface area contributed by atoms with Gasteiger partial charge in [0, 0.05) is 5.97 Å². The number of carboxylic acids is 1. The van der Waals surface area contributed by atoms with Crippen LogP contribution in [0.3, 0.4) is 0 Å². The van der Waals surface area contributed by atoms with E-state index in [1.54, 1.807) is 0 Å². The van der Waals surface area contributed by atoms with Crippen molar-refractivity contribution in [1.29, 1.82) is 0 Å². The summed E-state index contributed by atoms with van der Waals surface area (Å²) in [7, 11) is 0. The highest BCUT2D eigenvalue weighted by atomic mass is 19.4. The van der Waals surface area contributed by atoms with Crippen LogP contribution in [0.15, 0.2) is 0 Å². The number of rotatable bonds is 2. The minimum absolute atomic E-state index is 0.0939. The summed E-state index contributed by atoms with van der Waals surface area (Å²) in [6.07, 6.45) is 0.517. The number of alkyl halides is 3. The van der Waals surface area contributed by atoms with E-state index in [4.69, 9.17) is 0 Å². The summed E-state index contributed by atoms with van der Waals surface area (Å²) >= 11 is 0. The lowest BCUT2D eigenvalue weighted by Gasteiger charge is -2.41. The van der Waals surface area contributed by atoms with Crippen LogP contribution >= 0.6 is 0 Å². The second-order valence-electron chi connectivity index (χ2n) is 6.04. The Morgan fingerprint density at radius 1 is 1.00 bits per heavy atom. The first-order valence-corrected chi connectivity index (χ1v) is 7.17. The standard InChI is InChI=1S/C14H21F3O2/c15-14(16,17)12-7-2-1-6-11(12)9-4-3-5-10(8-9)13(18)19/h9-12H,1-8H2,(H,18,19)/p-1. The Kier molecular flexibility index (Phi) is 4.41. The maximum absolute atomic E-state index is 13.1. The van der Waals surface area contributed by atoms with Gasteiger partial charge in [-0.15, -0.1) is 0 Å². The second-order valence-corrected chi connectivity index (χ2v) is 6.04. The van der Waals surface area contributed by atoms with E-state index in [0.717, 1.165) is 12.8 Å². The molecule has 4 atom stereocenters. The van der Waals surface area contributed by atoms with E-state index in [1.165, 1.54) is 0 Å². The van der Waals surface area contributed by atoms with E-state index in [-0.39, 0.29) is 18.3 Å². The summed E-state index contributed by atoms with van der Waals surface area (Å²) in [6, 6.07) is 0. The Bertz CT molecular complexity index is 327. The van der Waals surface area contributed by atoms with Crippen molar-refractivity contribution in [3.05, 3.63) is 0 Å². The molecule has 0 aromatic heterocycles. The van der Waals surface area contributed by atoms with Crippen molar-refractivity contribution < 1.29 is 23.1 Å². The maximum Gasteiger partial charge on any atom is 0.392 e. The Hall–Kier alpha value is -0.740. The molecule has 0 aromatic carbocycles.